The molecule has 1 saturated heterocycles. The van der Waals surface area contributed by atoms with Crippen LogP contribution < -0.4 is 4.74 Å². The molecule has 9 heteroatoms. The molecule has 0 radical (unpaired) electrons. The van der Waals surface area contributed by atoms with Crippen LogP contribution in [0.25, 0.3) is 0 Å². The average Bonchev–Trinajstić information content (AvgIpc) is 3.39. The summed E-state index contributed by atoms with van der Waals surface area (Å²) in [4.78, 5) is 24.7. The van der Waals surface area contributed by atoms with E-state index in [0.29, 0.717) is 18.0 Å². The van der Waals surface area contributed by atoms with Crippen LogP contribution in [0, 0.1) is 0 Å². The Labute approximate surface area is 161 Å². The molecule has 1 aliphatic heterocycles. The minimum Gasteiger partial charge on any atom is -0.495 e. The van der Waals surface area contributed by atoms with E-state index in [1.807, 2.05) is 0 Å². The van der Waals surface area contributed by atoms with Gasteiger partial charge in [-0.25, -0.2) is 13.2 Å². The van der Waals surface area contributed by atoms with Crippen LogP contribution in [0.3, 0.4) is 0 Å². The Morgan fingerprint density at radius 2 is 1.93 bits per heavy atom. The number of carbonyl (C=O) groups excluding carboxylic acids is 2. The molecule has 0 amide bonds. The summed E-state index contributed by atoms with van der Waals surface area (Å²) >= 11 is 1.26. The number of rotatable bonds is 7. The van der Waals surface area contributed by atoms with Crippen LogP contribution in [0.4, 0.5) is 0 Å². The maximum atomic E-state index is 12.9. The molecular weight excluding hydrogens is 390 g/mol. The zero-order valence-electron chi connectivity index (χ0n) is 14.7. The van der Waals surface area contributed by atoms with Crippen molar-refractivity contribution in [2.24, 2.45) is 0 Å². The fraction of sp³-hybridized carbons (Fsp3) is 0.333. The predicted octanol–water partition coefficient (Wildman–Crippen LogP) is 2.58. The quantitative estimate of drug-likeness (QED) is 0.516. The first-order valence-electron chi connectivity index (χ1n) is 8.35. The van der Waals surface area contributed by atoms with E-state index in [-0.39, 0.29) is 22.0 Å². The van der Waals surface area contributed by atoms with Gasteiger partial charge in [-0.2, -0.15) is 4.31 Å². The zero-order valence-corrected chi connectivity index (χ0v) is 16.3. The summed E-state index contributed by atoms with van der Waals surface area (Å²) in [6.45, 7) is 0.477. The lowest BCUT2D eigenvalue weighted by Crippen LogP contribution is -2.28. The molecule has 3 rings (SSSR count). The zero-order chi connectivity index (χ0) is 19.4. The molecule has 2 aromatic rings. The van der Waals surface area contributed by atoms with Gasteiger partial charge in [0, 0.05) is 13.1 Å². The SMILES string of the molecule is COc1ccc(C(=O)OCC(=O)c2cccs2)cc1S(=O)(=O)N1CCCC1. The van der Waals surface area contributed by atoms with Crippen molar-refractivity contribution < 1.29 is 27.5 Å². The molecule has 0 atom stereocenters. The van der Waals surface area contributed by atoms with Crippen molar-refractivity contribution in [3.8, 4) is 5.75 Å². The number of benzene rings is 1. The highest BCUT2D eigenvalue weighted by atomic mass is 32.2. The third-order valence-corrected chi connectivity index (χ3v) is 7.04. The predicted molar refractivity (Wildman–Crippen MR) is 99.9 cm³/mol. The van der Waals surface area contributed by atoms with Gasteiger partial charge in [0.1, 0.15) is 10.6 Å². The summed E-state index contributed by atoms with van der Waals surface area (Å²) in [6.07, 6.45) is 1.60. The Kier molecular flexibility index (Phi) is 5.93. The molecular formula is C18H19NO6S2. The molecule has 0 aliphatic carbocycles. The fourth-order valence-corrected chi connectivity index (χ4v) is 5.15. The normalized spacial score (nSPS) is 14.9. The maximum Gasteiger partial charge on any atom is 0.338 e. The van der Waals surface area contributed by atoms with Crippen LogP contribution in [0.5, 0.6) is 5.75 Å². The summed E-state index contributed by atoms with van der Waals surface area (Å²) in [5.74, 6) is -0.912. The number of esters is 1. The first-order chi connectivity index (χ1) is 12.9. The molecule has 144 valence electrons. The third-order valence-electron chi connectivity index (χ3n) is 4.21. The number of ketones is 1. The van der Waals surface area contributed by atoms with Crippen LogP contribution in [-0.4, -0.2) is 51.3 Å². The van der Waals surface area contributed by atoms with Crippen LogP contribution in [0.2, 0.25) is 0 Å². The number of nitrogens with zero attached hydrogens (tertiary/aromatic N) is 1. The topological polar surface area (TPSA) is 90.0 Å². The first-order valence-corrected chi connectivity index (χ1v) is 10.7. The van der Waals surface area contributed by atoms with E-state index in [2.05, 4.69) is 0 Å². The molecule has 0 unspecified atom stereocenters. The number of methoxy groups -OCH3 is 1. The van der Waals surface area contributed by atoms with Gasteiger partial charge in [-0.3, -0.25) is 4.79 Å². The van der Waals surface area contributed by atoms with Gasteiger partial charge in [-0.1, -0.05) is 6.07 Å². The Hall–Kier alpha value is -2.23. The molecule has 0 bridgehead atoms. The number of ether oxygens (including phenoxy) is 2. The lowest BCUT2D eigenvalue weighted by atomic mass is 10.2. The highest BCUT2D eigenvalue weighted by molar-refractivity contribution is 7.89. The summed E-state index contributed by atoms with van der Waals surface area (Å²) in [5.41, 5.74) is 0.0487. The second-order valence-electron chi connectivity index (χ2n) is 5.95. The molecule has 0 spiro atoms. The van der Waals surface area contributed by atoms with E-state index >= 15 is 0 Å². The van der Waals surface area contributed by atoms with Crippen molar-refractivity contribution >= 4 is 33.1 Å². The average molecular weight is 409 g/mol. The minimum absolute atomic E-state index is 0.0487. The Balaban J connectivity index is 1.80. The standard InChI is InChI=1S/C18H19NO6S2/c1-24-15-7-6-13(11-17(15)27(22,23)19-8-2-3-9-19)18(21)25-12-14(20)16-5-4-10-26-16/h4-7,10-11H,2-3,8-9,12H2,1H3. The molecule has 1 aliphatic rings. The van der Waals surface area contributed by atoms with Gasteiger partial charge < -0.3 is 9.47 Å². The lowest BCUT2D eigenvalue weighted by Gasteiger charge is -2.18. The maximum absolute atomic E-state index is 12.9. The van der Waals surface area contributed by atoms with Gasteiger partial charge in [0.15, 0.2) is 6.61 Å². The van der Waals surface area contributed by atoms with Gasteiger partial charge in [0.2, 0.25) is 15.8 Å². The van der Waals surface area contributed by atoms with Gasteiger partial charge in [0.25, 0.3) is 0 Å². The van der Waals surface area contributed by atoms with Crippen molar-refractivity contribution in [1.29, 1.82) is 0 Å². The van der Waals surface area contributed by atoms with E-state index in [1.54, 1.807) is 17.5 Å². The smallest absolute Gasteiger partial charge is 0.338 e. The van der Waals surface area contributed by atoms with E-state index in [9.17, 15) is 18.0 Å². The monoisotopic (exact) mass is 409 g/mol. The van der Waals surface area contributed by atoms with Gasteiger partial charge in [0.05, 0.1) is 17.6 Å². The Morgan fingerprint density at radius 3 is 2.56 bits per heavy atom. The molecule has 0 saturated carbocycles. The number of Topliss-reactive ketones (excluding diaryl/α,β-unsaturated/α-hetero) is 1. The second-order valence-corrected chi connectivity index (χ2v) is 8.81. The number of thiophene rings is 1. The first kappa shape index (κ1) is 19.5. The highest BCUT2D eigenvalue weighted by Crippen LogP contribution is 2.30. The Bertz CT molecular complexity index is 931. The summed E-state index contributed by atoms with van der Waals surface area (Å²) < 4.78 is 37.3. The van der Waals surface area contributed by atoms with Crippen molar-refractivity contribution in [2.75, 3.05) is 26.8 Å². The summed E-state index contributed by atoms with van der Waals surface area (Å²) in [5, 5.41) is 1.76. The van der Waals surface area contributed by atoms with Gasteiger partial charge >= 0.3 is 5.97 Å². The van der Waals surface area contributed by atoms with Crippen molar-refractivity contribution in [1.82, 2.24) is 4.31 Å². The number of carbonyl (C=O) groups is 2. The molecule has 1 aromatic carbocycles. The van der Waals surface area contributed by atoms with Crippen molar-refractivity contribution in [2.45, 2.75) is 17.7 Å². The number of hydrogen-bond donors (Lipinski definition) is 0. The van der Waals surface area contributed by atoms with Crippen molar-refractivity contribution in [3.05, 3.63) is 46.2 Å². The number of hydrogen-bond acceptors (Lipinski definition) is 7. The van der Waals surface area contributed by atoms with Crippen LogP contribution in [0.15, 0.2) is 40.6 Å². The lowest BCUT2D eigenvalue weighted by molar-refractivity contribution is 0.0475. The van der Waals surface area contributed by atoms with Gasteiger partial charge in [-0.05, 0) is 42.5 Å². The van der Waals surface area contributed by atoms with E-state index in [0.717, 1.165) is 12.8 Å². The largest absolute Gasteiger partial charge is 0.495 e. The van der Waals surface area contributed by atoms with E-state index in [4.69, 9.17) is 9.47 Å². The third kappa shape index (κ3) is 4.20. The van der Waals surface area contributed by atoms with E-state index < -0.39 is 22.6 Å². The van der Waals surface area contributed by atoms with Crippen LogP contribution in [0.1, 0.15) is 32.9 Å². The molecule has 7 nitrogen and oxygen atoms in total. The molecule has 1 fully saturated rings. The highest BCUT2D eigenvalue weighted by Gasteiger charge is 2.31. The minimum atomic E-state index is -3.77. The summed E-state index contributed by atoms with van der Waals surface area (Å²) in [7, 11) is -2.40. The summed E-state index contributed by atoms with van der Waals surface area (Å²) in [6, 6.07) is 7.46. The van der Waals surface area contributed by atoms with Crippen LogP contribution in [-0.2, 0) is 14.8 Å². The number of sulfonamides is 1. The van der Waals surface area contributed by atoms with Gasteiger partial charge in [-0.15, -0.1) is 11.3 Å². The molecule has 1 aromatic heterocycles. The van der Waals surface area contributed by atoms with Crippen LogP contribution >= 0.6 is 11.3 Å². The van der Waals surface area contributed by atoms with E-state index in [1.165, 1.54) is 41.0 Å². The molecule has 0 N–H and O–H groups in total. The molecule has 27 heavy (non-hydrogen) atoms. The molecule has 2 heterocycles. The second kappa shape index (κ2) is 8.20. The fourth-order valence-electron chi connectivity index (χ4n) is 2.80. The van der Waals surface area contributed by atoms with Crippen molar-refractivity contribution in [3.63, 3.8) is 0 Å². The Morgan fingerprint density at radius 1 is 1.19 bits per heavy atom.